The highest BCUT2D eigenvalue weighted by Gasteiger charge is 2.10. The fourth-order valence-corrected chi connectivity index (χ4v) is 2.63. The van der Waals surface area contributed by atoms with Crippen molar-refractivity contribution in [2.24, 2.45) is 5.84 Å². The predicted molar refractivity (Wildman–Crippen MR) is 72.0 cm³/mol. The minimum absolute atomic E-state index is 0.109. The Hall–Kier alpha value is -0.940. The minimum atomic E-state index is 0.109. The van der Waals surface area contributed by atoms with Crippen LogP contribution in [0.2, 0.25) is 5.15 Å². The Balaban J connectivity index is 2.01. The van der Waals surface area contributed by atoms with Gasteiger partial charge in [-0.3, -0.25) is 11.3 Å². The maximum absolute atomic E-state index is 5.87. The Morgan fingerprint density at radius 2 is 2.35 bits per heavy atom. The van der Waals surface area contributed by atoms with Crippen LogP contribution < -0.4 is 11.3 Å². The van der Waals surface area contributed by atoms with Crippen LogP contribution in [0.15, 0.2) is 35.8 Å². The van der Waals surface area contributed by atoms with E-state index in [-0.39, 0.29) is 6.04 Å². The molecule has 0 aromatic carbocycles. The molecular weight excluding hydrogens is 254 g/mol. The molecule has 1 unspecified atom stereocenters. The van der Waals surface area contributed by atoms with Crippen molar-refractivity contribution in [1.29, 1.82) is 0 Å². The van der Waals surface area contributed by atoms with E-state index in [9.17, 15) is 0 Å². The van der Waals surface area contributed by atoms with E-state index in [1.165, 1.54) is 4.88 Å². The summed E-state index contributed by atoms with van der Waals surface area (Å²) in [5.74, 6) is 5.58. The highest BCUT2D eigenvalue weighted by molar-refractivity contribution is 7.09. The van der Waals surface area contributed by atoms with Crippen molar-refractivity contribution < 1.29 is 0 Å². The summed E-state index contributed by atoms with van der Waals surface area (Å²) in [6.45, 7) is 0. The zero-order valence-corrected chi connectivity index (χ0v) is 10.8. The van der Waals surface area contributed by atoms with Gasteiger partial charge in [0.05, 0.1) is 0 Å². The summed E-state index contributed by atoms with van der Waals surface area (Å²) in [5.41, 5.74) is 3.90. The van der Waals surface area contributed by atoms with Gasteiger partial charge in [0.2, 0.25) is 0 Å². The third-order valence-electron chi connectivity index (χ3n) is 2.61. The third kappa shape index (κ3) is 3.51. The van der Waals surface area contributed by atoms with Crippen molar-refractivity contribution in [3.05, 3.63) is 51.4 Å². The van der Waals surface area contributed by atoms with E-state index < -0.39 is 0 Å². The van der Waals surface area contributed by atoms with Crippen LogP contribution in [0.4, 0.5) is 0 Å². The van der Waals surface area contributed by atoms with Gasteiger partial charge >= 0.3 is 0 Å². The van der Waals surface area contributed by atoms with E-state index in [2.05, 4.69) is 27.9 Å². The van der Waals surface area contributed by atoms with Gasteiger partial charge in [-0.15, -0.1) is 11.3 Å². The highest BCUT2D eigenvalue weighted by Crippen LogP contribution is 2.21. The van der Waals surface area contributed by atoms with E-state index in [0.717, 1.165) is 18.4 Å². The molecule has 0 radical (unpaired) electrons. The van der Waals surface area contributed by atoms with Crippen molar-refractivity contribution >= 4 is 22.9 Å². The number of thiophene rings is 1. The molecule has 3 N–H and O–H groups in total. The molecule has 0 aliphatic carbocycles. The van der Waals surface area contributed by atoms with Crippen molar-refractivity contribution in [3.63, 3.8) is 0 Å². The van der Waals surface area contributed by atoms with Gasteiger partial charge in [-0.25, -0.2) is 4.98 Å². The van der Waals surface area contributed by atoms with Gasteiger partial charge in [0.15, 0.2) is 0 Å². The molecule has 2 heterocycles. The van der Waals surface area contributed by atoms with Crippen LogP contribution in [-0.4, -0.2) is 4.98 Å². The minimum Gasteiger partial charge on any atom is -0.271 e. The summed E-state index contributed by atoms with van der Waals surface area (Å²) in [5, 5.41) is 2.59. The second-order valence-electron chi connectivity index (χ2n) is 3.75. The molecule has 0 aliphatic heterocycles. The lowest BCUT2D eigenvalue weighted by molar-refractivity contribution is 0.517. The lowest BCUT2D eigenvalue weighted by Gasteiger charge is -2.15. The van der Waals surface area contributed by atoms with E-state index in [4.69, 9.17) is 17.4 Å². The third-order valence-corrected chi connectivity index (χ3v) is 3.76. The molecule has 0 spiro atoms. The second-order valence-corrected chi connectivity index (χ2v) is 5.17. The Bertz CT molecular complexity index is 459. The number of hydrogen-bond donors (Lipinski definition) is 2. The molecule has 17 heavy (non-hydrogen) atoms. The number of hydrazine groups is 1. The first kappa shape index (κ1) is 12.5. The van der Waals surface area contributed by atoms with Crippen molar-refractivity contribution in [1.82, 2.24) is 10.4 Å². The first-order chi connectivity index (χ1) is 8.29. The average molecular weight is 268 g/mol. The summed E-state index contributed by atoms with van der Waals surface area (Å²) >= 11 is 7.63. The molecule has 0 bridgehead atoms. The van der Waals surface area contributed by atoms with Crippen LogP contribution in [0.1, 0.15) is 22.9 Å². The quantitative estimate of drug-likeness (QED) is 0.498. The zero-order valence-electron chi connectivity index (χ0n) is 9.27. The normalized spacial score (nSPS) is 12.6. The van der Waals surface area contributed by atoms with E-state index >= 15 is 0 Å². The van der Waals surface area contributed by atoms with E-state index in [1.807, 2.05) is 12.1 Å². The first-order valence-corrected chi connectivity index (χ1v) is 6.65. The summed E-state index contributed by atoms with van der Waals surface area (Å²) in [6.07, 6.45) is 3.65. The van der Waals surface area contributed by atoms with Crippen LogP contribution in [-0.2, 0) is 6.42 Å². The number of aromatic nitrogens is 1. The van der Waals surface area contributed by atoms with Gasteiger partial charge in [0.25, 0.3) is 0 Å². The average Bonchev–Trinajstić information content (AvgIpc) is 2.83. The Labute approximate surface area is 110 Å². The van der Waals surface area contributed by atoms with Crippen LogP contribution >= 0.6 is 22.9 Å². The lowest BCUT2D eigenvalue weighted by atomic mass is 10.0. The smallest absolute Gasteiger partial charge is 0.129 e. The molecule has 5 heteroatoms. The van der Waals surface area contributed by atoms with Crippen molar-refractivity contribution in [2.75, 3.05) is 0 Å². The number of hydrogen-bond acceptors (Lipinski definition) is 4. The molecule has 0 saturated carbocycles. The van der Waals surface area contributed by atoms with E-state index in [0.29, 0.717) is 5.15 Å². The van der Waals surface area contributed by atoms with E-state index in [1.54, 1.807) is 17.5 Å². The molecule has 0 saturated heterocycles. The highest BCUT2D eigenvalue weighted by atomic mass is 35.5. The number of nitrogens with one attached hydrogen (secondary N) is 1. The Morgan fingerprint density at radius 3 is 3.00 bits per heavy atom. The van der Waals surface area contributed by atoms with Gasteiger partial charge in [-0.2, -0.15) is 0 Å². The maximum atomic E-state index is 5.87. The zero-order chi connectivity index (χ0) is 12.1. The van der Waals surface area contributed by atoms with Crippen molar-refractivity contribution in [3.8, 4) is 0 Å². The topological polar surface area (TPSA) is 50.9 Å². The molecule has 1 atom stereocenters. The number of rotatable bonds is 5. The lowest BCUT2D eigenvalue weighted by Crippen LogP contribution is -2.28. The van der Waals surface area contributed by atoms with Gasteiger partial charge in [0.1, 0.15) is 5.15 Å². The Kier molecular flexibility index (Phi) is 4.50. The Morgan fingerprint density at radius 1 is 1.47 bits per heavy atom. The molecular formula is C12H14ClN3S. The molecule has 2 aromatic rings. The van der Waals surface area contributed by atoms with Crippen LogP contribution in [0.25, 0.3) is 0 Å². The predicted octanol–water partition coefficient (Wildman–Crippen LogP) is 2.93. The standard InChI is InChI=1S/C12H14ClN3S/c13-12-8-9(5-6-15-12)11(16-14)4-3-10-2-1-7-17-10/h1-2,5-8,11,16H,3-4,14H2. The molecule has 3 nitrogen and oxygen atoms in total. The summed E-state index contributed by atoms with van der Waals surface area (Å²) < 4.78 is 0. The fraction of sp³-hybridized carbons (Fsp3) is 0.250. The number of aryl methyl sites for hydroxylation is 1. The SMILES string of the molecule is NNC(CCc1cccs1)c1ccnc(Cl)c1. The number of nitrogens with two attached hydrogens (primary N) is 1. The molecule has 2 rings (SSSR count). The number of halogens is 1. The summed E-state index contributed by atoms with van der Waals surface area (Å²) in [7, 11) is 0. The molecule has 0 amide bonds. The van der Waals surface area contributed by atoms with Crippen LogP contribution in [0.3, 0.4) is 0 Å². The maximum Gasteiger partial charge on any atom is 0.129 e. The van der Waals surface area contributed by atoms with Crippen LogP contribution in [0, 0.1) is 0 Å². The number of pyridine rings is 1. The summed E-state index contributed by atoms with van der Waals surface area (Å²) in [6, 6.07) is 8.09. The first-order valence-electron chi connectivity index (χ1n) is 5.39. The molecule has 2 aromatic heterocycles. The van der Waals surface area contributed by atoms with Crippen molar-refractivity contribution in [2.45, 2.75) is 18.9 Å². The second kappa shape index (κ2) is 6.12. The van der Waals surface area contributed by atoms with Gasteiger partial charge in [-0.05, 0) is 42.0 Å². The van der Waals surface area contributed by atoms with Gasteiger partial charge in [0, 0.05) is 17.1 Å². The summed E-state index contributed by atoms with van der Waals surface area (Å²) in [4.78, 5) is 5.33. The monoisotopic (exact) mass is 267 g/mol. The fourth-order valence-electron chi connectivity index (χ4n) is 1.72. The molecule has 0 fully saturated rings. The van der Waals surface area contributed by atoms with Gasteiger partial charge in [-0.1, -0.05) is 17.7 Å². The largest absolute Gasteiger partial charge is 0.271 e. The van der Waals surface area contributed by atoms with Gasteiger partial charge < -0.3 is 0 Å². The number of nitrogens with zero attached hydrogens (tertiary/aromatic N) is 1. The molecule has 90 valence electrons. The molecule has 0 aliphatic rings. The van der Waals surface area contributed by atoms with Crippen LogP contribution in [0.5, 0.6) is 0 Å².